The van der Waals surface area contributed by atoms with Crippen LogP contribution in [0.4, 0.5) is 5.69 Å². The van der Waals surface area contributed by atoms with Crippen LogP contribution < -0.4 is 11.1 Å². The zero-order valence-electron chi connectivity index (χ0n) is 17.5. The van der Waals surface area contributed by atoms with Crippen molar-refractivity contribution in [3.05, 3.63) is 81.0 Å². The average molecular weight is 498 g/mol. The van der Waals surface area contributed by atoms with Crippen LogP contribution in [0.1, 0.15) is 36.8 Å². The largest absolute Gasteiger partial charge is 0.321 e. The highest BCUT2D eigenvalue weighted by atomic mass is 35.5. The molecule has 172 valence electrons. The summed E-state index contributed by atoms with van der Waals surface area (Å²) in [4.78, 5) is 14.8. The number of rotatable bonds is 6. The molecule has 1 fully saturated rings. The van der Waals surface area contributed by atoms with E-state index in [1.54, 1.807) is 12.1 Å². The van der Waals surface area contributed by atoms with Crippen LogP contribution in [0, 0.1) is 10.1 Å². The molecule has 0 unspecified atom stereocenters. The standard InChI is InChI=1S/C23H25ClN4O2.2ClH/c24-17-3-6-20-21(10-14-27-22(20)15-17)23(25)11-7-18(8-12-23)26-13-9-16-1-4-19(5-2-16)28(29)30;;/h1-6,10,14-15,18,26H,7-9,11-13,25H2;2*1H. The third kappa shape index (κ3) is 5.88. The number of nitro benzene ring substituents is 1. The summed E-state index contributed by atoms with van der Waals surface area (Å²) in [6.07, 6.45) is 6.49. The Morgan fingerprint density at radius 2 is 1.81 bits per heavy atom. The number of hydrogen-bond donors (Lipinski definition) is 2. The molecule has 2 aromatic carbocycles. The minimum absolute atomic E-state index is 0. The molecule has 0 saturated heterocycles. The Kier molecular flexibility index (Phi) is 9.25. The number of nitrogens with zero attached hydrogens (tertiary/aromatic N) is 2. The summed E-state index contributed by atoms with van der Waals surface area (Å²) in [7, 11) is 0. The van der Waals surface area contributed by atoms with Crippen LogP contribution in [0.5, 0.6) is 0 Å². The molecule has 3 aromatic rings. The first-order valence-corrected chi connectivity index (χ1v) is 10.6. The topological polar surface area (TPSA) is 94.1 Å². The Labute approximate surface area is 204 Å². The van der Waals surface area contributed by atoms with Crippen LogP contribution in [-0.2, 0) is 12.0 Å². The first-order chi connectivity index (χ1) is 14.4. The summed E-state index contributed by atoms with van der Waals surface area (Å²) in [5, 5.41) is 16.1. The van der Waals surface area contributed by atoms with Crippen molar-refractivity contribution in [2.24, 2.45) is 5.73 Å². The fourth-order valence-corrected chi connectivity index (χ4v) is 4.53. The fraction of sp³-hybridized carbons (Fsp3) is 0.348. The molecule has 0 radical (unpaired) electrons. The summed E-state index contributed by atoms with van der Waals surface area (Å²) >= 11 is 6.12. The van der Waals surface area contributed by atoms with Gasteiger partial charge in [-0.25, -0.2) is 0 Å². The van der Waals surface area contributed by atoms with E-state index in [9.17, 15) is 10.1 Å². The number of nitrogens with one attached hydrogen (secondary N) is 1. The van der Waals surface area contributed by atoms with Gasteiger partial charge in [0.15, 0.2) is 0 Å². The van der Waals surface area contributed by atoms with Gasteiger partial charge >= 0.3 is 0 Å². The van der Waals surface area contributed by atoms with Gasteiger partial charge in [-0.2, -0.15) is 0 Å². The number of nitrogens with two attached hydrogens (primary N) is 1. The second kappa shape index (κ2) is 11.3. The maximum atomic E-state index is 10.7. The maximum absolute atomic E-state index is 10.7. The van der Waals surface area contributed by atoms with Gasteiger partial charge in [0.2, 0.25) is 0 Å². The van der Waals surface area contributed by atoms with E-state index in [2.05, 4.69) is 10.3 Å². The van der Waals surface area contributed by atoms with E-state index in [-0.39, 0.29) is 41.0 Å². The Hall–Kier alpha value is -1.96. The van der Waals surface area contributed by atoms with E-state index in [0.717, 1.165) is 60.7 Å². The third-order valence-electron chi connectivity index (χ3n) is 6.11. The highest BCUT2D eigenvalue weighted by Crippen LogP contribution is 2.38. The van der Waals surface area contributed by atoms with E-state index in [4.69, 9.17) is 17.3 Å². The Morgan fingerprint density at radius 3 is 2.47 bits per heavy atom. The fourth-order valence-electron chi connectivity index (χ4n) is 4.37. The van der Waals surface area contributed by atoms with Crippen LogP contribution in [0.15, 0.2) is 54.7 Å². The molecule has 0 bridgehead atoms. The molecule has 4 rings (SSSR count). The van der Waals surface area contributed by atoms with E-state index in [1.165, 1.54) is 0 Å². The normalized spacial score (nSPS) is 20.2. The number of benzene rings is 2. The molecule has 1 saturated carbocycles. The third-order valence-corrected chi connectivity index (χ3v) is 6.35. The average Bonchev–Trinajstić information content (AvgIpc) is 2.75. The zero-order chi connectivity index (χ0) is 21.1. The number of halogens is 3. The minimum atomic E-state index is -0.371. The molecule has 1 aliphatic rings. The van der Waals surface area contributed by atoms with E-state index < -0.39 is 0 Å². The lowest BCUT2D eigenvalue weighted by atomic mass is 9.74. The summed E-state index contributed by atoms with van der Waals surface area (Å²) in [5.41, 5.74) is 9.76. The number of hydrogen-bond acceptors (Lipinski definition) is 5. The van der Waals surface area contributed by atoms with Crippen LogP contribution >= 0.6 is 36.4 Å². The van der Waals surface area contributed by atoms with Gasteiger partial charge in [0.1, 0.15) is 0 Å². The van der Waals surface area contributed by atoms with Crippen molar-refractivity contribution in [3.63, 3.8) is 0 Å². The number of aromatic nitrogens is 1. The number of non-ortho nitro benzene ring substituents is 1. The molecule has 0 amide bonds. The van der Waals surface area contributed by atoms with E-state index in [0.29, 0.717) is 11.1 Å². The molecule has 0 aliphatic heterocycles. The van der Waals surface area contributed by atoms with Gasteiger partial charge in [-0.15, -0.1) is 24.8 Å². The molecular formula is C23H27Cl3N4O2. The van der Waals surface area contributed by atoms with Crippen molar-refractivity contribution in [2.45, 2.75) is 43.7 Å². The maximum Gasteiger partial charge on any atom is 0.269 e. The molecule has 1 aliphatic carbocycles. The summed E-state index contributed by atoms with van der Waals surface area (Å²) < 4.78 is 0. The molecule has 1 aromatic heterocycles. The molecule has 6 nitrogen and oxygen atoms in total. The summed E-state index contributed by atoms with van der Waals surface area (Å²) in [6.45, 7) is 0.844. The second-order valence-electron chi connectivity index (χ2n) is 8.08. The van der Waals surface area contributed by atoms with Crippen molar-refractivity contribution in [1.82, 2.24) is 10.3 Å². The van der Waals surface area contributed by atoms with E-state index >= 15 is 0 Å². The van der Waals surface area contributed by atoms with Crippen molar-refractivity contribution in [3.8, 4) is 0 Å². The van der Waals surface area contributed by atoms with Gasteiger partial charge in [-0.1, -0.05) is 29.8 Å². The lowest BCUT2D eigenvalue weighted by molar-refractivity contribution is -0.384. The van der Waals surface area contributed by atoms with Gasteiger partial charge in [0.05, 0.1) is 10.4 Å². The number of fused-ring (bicyclic) bond motifs is 1. The summed E-state index contributed by atoms with van der Waals surface area (Å²) in [6, 6.07) is 15.0. The number of pyridine rings is 1. The van der Waals surface area contributed by atoms with Crippen LogP contribution in [0.2, 0.25) is 5.02 Å². The molecular weight excluding hydrogens is 471 g/mol. The molecule has 9 heteroatoms. The number of nitro groups is 1. The highest BCUT2D eigenvalue weighted by molar-refractivity contribution is 6.31. The van der Waals surface area contributed by atoms with Crippen molar-refractivity contribution >= 4 is 53.0 Å². The van der Waals surface area contributed by atoms with Crippen LogP contribution in [0.3, 0.4) is 0 Å². The first-order valence-electron chi connectivity index (χ1n) is 10.2. The predicted molar refractivity (Wildman–Crippen MR) is 134 cm³/mol. The quantitative estimate of drug-likeness (QED) is 0.343. The molecule has 0 atom stereocenters. The monoisotopic (exact) mass is 496 g/mol. The minimum Gasteiger partial charge on any atom is -0.321 e. The predicted octanol–water partition coefficient (Wildman–Crippen LogP) is 5.57. The van der Waals surface area contributed by atoms with Crippen molar-refractivity contribution in [2.75, 3.05) is 6.54 Å². The molecule has 1 heterocycles. The summed E-state index contributed by atoms with van der Waals surface area (Å²) in [5.74, 6) is 0. The van der Waals surface area contributed by atoms with Gasteiger partial charge in [0.25, 0.3) is 5.69 Å². The molecule has 32 heavy (non-hydrogen) atoms. The molecule has 0 spiro atoms. The Morgan fingerprint density at radius 1 is 1.12 bits per heavy atom. The van der Waals surface area contributed by atoms with Gasteiger partial charge in [-0.3, -0.25) is 15.1 Å². The lowest BCUT2D eigenvalue weighted by Crippen LogP contribution is -2.45. The van der Waals surface area contributed by atoms with E-state index in [1.807, 2.05) is 42.6 Å². The smallest absolute Gasteiger partial charge is 0.269 e. The Bertz CT molecular complexity index is 1050. The first kappa shape index (κ1) is 26.3. The Balaban J connectivity index is 0.00000181. The van der Waals surface area contributed by atoms with Crippen molar-refractivity contribution in [1.29, 1.82) is 0 Å². The van der Waals surface area contributed by atoms with Crippen molar-refractivity contribution < 1.29 is 4.92 Å². The lowest BCUT2D eigenvalue weighted by Gasteiger charge is -2.38. The second-order valence-corrected chi connectivity index (χ2v) is 8.51. The molecule has 3 N–H and O–H groups in total. The van der Waals surface area contributed by atoms with Crippen LogP contribution in [0.25, 0.3) is 10.9 Å². The van der Waals surface area contributed by atoms with Gasteiger partial charge < -0.3 is 11.1 Å². The SMILES string of the molecule is Cl.Cl.NC1(c2ccnc3cc(Cl)ccc23)CCC(NCCc2ccc([N+](=O)[O-])cc2)CC1. The van der Waals surface area contributed by atoms with Crippen LogP contribution in [-0.4, -0.2) is 22.5 Å². The van der Waals surface area contributed by atoms with Gasteiger partial charge in [-0.05, 0) is 68.0 Å². The zero-order valence-corrected chi connectivity index (χ0v) is 19.9. The highest BCUT2D eigenvalue weighted by Gasteiger charge is 2.34. The van der Waals surface area contributed by atoms with Gasteiger partial charge in [0, 0.05) is 40.3 Å².